The summed E-state index contributed by atoms with van der Waals surface area (Å²) in [5.74, 6) is 0. The second kappa shape index (κ2) is 4.71. The molecule has 1 heterocycles. The number of hydrogen-bond donors (Lipinski definition) is 1. The predicted octanol–water partition coefficient (Wildman–Crippen LogP) is 3.09. The first-order chi connectivity index (χ1) is 8.43. The number of benzene rings is 1. The van der Waals surface area contributed by atoms with E-state index in [1.807, 2.05) is 43.7 Å². The van der Waals surface area contributed by atoms with Crippen molar-refractivity contribution >= 4 is 28.8 Å². The Morgan fingerprint density at radius 3 is 2.50 bits per heavy atom. The molecule has 0 radical (unpaired) electrons. The van der Waals surface area contributed by atoms with E-state index in [1.54, 1.807) is 0 Å². The third-order valence-electron chi connectivity index (χ3n) is 2.92. The Morgan fingerprint density at radius 1 is 1.33 bits per heavy atom. The molecule has 18 heavy (non-hydrogen) atoms. The number of aromatic nitrogens is 2. The molecule has 0 saturated heterocycles. The quantitative estimate of drug-likeness (QED) is 0.859. The highest BCUT2D eigenvalue weighted by Crippen LogP contribution is 2.26. The minimum atomic E-state index is 0.359. The number of rotatable bonds is 2. The summed E-state index contributed by atoms with van der Waals surface area (Å²) in [5, 5.41) is 5.13. The topological polar surface area (TPSA) is 43.8 Å². The zero-order valence-electron chi connectivity index (χ0n) is 10.5. The highest BCUT2D eigenvalue weighted by molar-refractivity contribution is 7.80. The van der Waals surface area contributed by atoms with Gasteiger partial charge in [0, 0.05) is 5.56 Å². The molecule has 5 heteroatoms. The highest BCUT2D eigenvalue weighted by atomic mass is 35.5. The molecule has 2 N–H and O–H groups in total. The van der Waals surface area contributed by atoms with Gasteiger partial charge in [0.15, 0.2) is 0 Å². The van der Waals surface area contributed by atoms with E-state index in [4.69, 9.17) is 29.6 Å². The molecular weight excluding hydrogens is 266 g/mol. The van der Waals surface area contributed by atoms with Crippen LogP contribution in [0.4, 0.5) is 0 Å². The number of hydrogen-bond acceptors (Lipinski definition) is 2. The lowest BCUT2D eigenvalue weighted by molar-refractivity contribution is 0.826. The van der Waals surface area contributed by atoms with Gasteiger partial charge in [-0.2, -0.15) is 5.10 Å². The van der Waals surface area contributed by atoms with Gasteiger partial charge in [0.25, 0.3) is 0 Å². The molecule has 94 valence electrons. The van der Waals surface area contributed by atoms with Gasteiger partial charge in [0.1, 0.15) is 4.99 Å². The Hall–Kier alpha value is -1.39. The van der Waals surface area contributed by atoms with Gasteiger partial charge in [-0.15, -0.1) is 0 Å². The molecule has 0 aliphatic heterocycles. The van der Waals surface area contributed by atoms with E-state index >= 15 is 0 Å². The average molecular weight is 280 g/mol. The van der Waals surface area contributed by atoms with Crippen LogP contribution in [0.3, 0.4) is 0 Å². The summed E-state index contributed by atoms with van der Waals surface area (Å²) in [6.07, 6.45) is 0. The molecule has 0 bridgehead atoms. The van der Waals surface area contributed by atoms with Crippen molar-refractivity contribution in [2.75, 3.05) is 0 Å². The van der Waals surface area contributed by atoms with E-state index in [1.165, 1.54) is 0 Å². The van der Waals surface area contributed by atoms with E-state index in [0.29, 0.717) is 10.0 Å². The van der Waals surface area contributed by atoms with Crippen molar-refractivity contribution < 1.29 is 0 Å². The van der Waals surface area contributed by atoms with E-state index in [-0.39, 0.29) is 0 Å². The predicted molar refractivity (Wildman–Crippen MR) is 78.7 cm³/mol. The van der Waals surface area contributed by atoms with Gasteiger partial charge in [-0.1, -0.05) is 36.0 Å². The summed E-state index contributed by atoms with van der Waals surface area (Å²) >= 11 is 11.3. The van der Waals surface area contributed by atoms with Crippen molar-refractivity contribution in [3.8, 4) is 5.69 Å². The first kappa shape index (κ1) is 13.1. The van der Waals surface area contributed by atoms with Gasteiger partial charge >= 0.3 is 0 Å². The van der Waals surface area contributed by atoms with Crippen LogP contribution in [0, 0.1) is 20.8 Å². The van der Waals surface area contributed by atoms with Crippen LogP contribution in [0.2, 0.25) is 5.02 Å². The fourth-order valence-electron chi connectivity index (χ4n) is 1.98. The maximum atomic E-state index is 6.19. The second-order valence-electron chi connectivity index (χ2n) is 4.23. The number of nitrogens with zero attached hydrogens (tertiary/aromatic N) is 2. The lowest BCUT2D eigenvalue weighted by Crippen LogP contribution is -2.15. The zero-order valence-corrected chi connectivity index (χ0v) is 12.1. The monoisotopic (exact) mass is 279 g/mol. The Balaban J connectivity index is 2.78. The van der Waals surface area contributed by atoms with E-state index < -0.39 is 0 Å². The van der Waals surface area contributed by atoms with Crippen molar-refractivity contribution in [2.45, 2.75) is 20.8 Å². The van der Waals surface area contributed by atoms with Gasteiger partial charge in [-0.25, -0.2) is 4.68 Å². The normalized spacial score (nSPS) is 10.7. The number of thiocarbonyl (C=S) groups is 1. The van der Waals surface area contributed by atoms with E-state index in [2.05, 4.69) is 5.10 Å². The summed E-state index contributed by atoms with van der Waals surface area (Å²) in [7, 11) is 0. The minimum absolute atomic E-state index is 0.359. The molecule has 0 unspecified atom stereocenters. The smallest absolute Gasteiger partial charge is 0.106 e. The molecule has 0 aliphatic rings. The fourth-order valence-corrected chi connectivity index (χ4v) is 2.26. The highest BCUT2D eigenvalue weighted by Gasteiger charge is 2.16. The van der Waals surface area contributed by atoms with E-state index in [0.717, 1.165) is 28.2 Å². The Morgan fingerprint density at radius 2 is 2.00 bits per heavy atom. The lowest BCUT2D eigenvalue weighted by atomic mass is 10.1. The molecule has 1 aromatic heterocycles. The van der Waals surface area contributed by atoms with Crippen molar-refractivity contribution in [3.05, 3.63) is 45.7 Å². The van der Waals surface area contributed by atoms with Gasteiger partial charge in [0.05, 0.1) is 22.1 Å². The summed E-state index contributed by atoms with van der Waals surface area (Å²) in [6, 6.07) is 5.83. The number of para-hydroxylation sites is 1. The fraction of sp³-hybridized carbons (Fsp3) is 0.231. The maximum absolute atomic E-state index is 6.19. The number of aryl methyl sites for hydroxylation is 2. The minimum Gasteiger partial charge on any atom is -0.389 e. The van der Waals surface area contributed by atoms with Crippen LogP contribution in [0.15, 0.2) is 18.2 Å². The third kappa shape index (κ3) is 2.02. The van der Waals surface area contributed by atoms with Gasteiger partial charge in [-0.05, 0) is 32.4 Å². The van der Waals surface area contributed by atoms with Crippen LogP contribution in [0.5, 0.6) is 0 Å². The molecule has 0 fully saturated rings. The van der Waals surface area contributed by atoms with Gasteiger partial charge in [0.2, 0.25) is 0 Å². The average Bonchev–Trinajstić information content (AvgIpc) is 2.56. The molecule has 0 atom stereocenters. The summed E-state index contributed by atoms with van der Waals surface area (Å²) in [4.78, 5) is 0.359. The molecule has 1 aromatic carbocycles. The van der Waals surface area contributed by atoms with Crippen molar-refractivity contribution in [2.24, 2.45) is 5.73 Å². The van der Waals surface area contributed by atoms with Crippen LogP contribution >= 0.6 is 23.8 Å². The van der Waals surface area contributed by atoms with Crippen molar-refractivity contribution in [3.63, 3.8) is 0 Å². The molecule has 3 nitrogen and oxygen atoms in total. The first-order valence-corrected chi connectivity index (χ1v) is 6.33. The first-order valence-electron chi connectivity index (χ1n) is 5.55. The van der Waals surface area contributed by atoms with Crippen LogP contribution < -0.4 is 5.73 Å². The van der Waals surface area contributed by atoms with Crippen LogP contribution in [0.1, 0.15) is 22.5 Å². The molecule has 0 saturated carbocycles. The zero-order chi connectivity index (χ0) is 13.4. The maximum Gasteiger partial charge on any atom is 0.106 e. The largest absolute Gasteiger partial charge is 0.389 e. The van der Waals surface area contributed by atoms with Crippen molar-refractivity contribution in [1.82, 2.24) is 9.78 Å². The lowest BCUT2D eigenvalue weighted by Gasteiger charge is -2.13. The summed E-state index contributed by atoms with van der Waals surface area (Å²) in [6.45, 7) is 5.81. The van der Waals surface area contributed by atoms with Gasteiger partial charge < -0.3 is 5.73 Å². The number of nitrogens with two attached hydrogens (primary N) is 1. The van der Waals surface area contributed by atoms with Crippen molar-refractivity contribution in [1.29, 1.82) is 0 Å². The van der Waals surface area contributed by atoms with Crippen LogP contribution in [-0.4, -0.2) is 14.8 Å². The van der Waals surface area contributed by atoms with Gasteiger partial charge in [-0.3, -0.25) is 0 Å². The Kier molecular flexibility index (Phi) is 3.41. The molecular formula is C13H14ClN3S. The summed E-state index contributed by atoms with van der Waals surface area (Å²) < 4.78 is 1.81. The molecule has 0 spiro atoms. The van der Waals surface area contributed by atoms with E-state index in [9.17, 15) is 0 Å². The number of halogens is 1. The SMILES string of the molecule is Cc1cccc(C(N)=S)c1-n1nc(C)c(Cl)c1C. The standard InChI is InChI=1S/C13H14ClN3S/c1-7-5-4-6-10(13(15)18)12(7)17-9(3)11(14)8(2)16-17/h4-6H,1-3H3,(H2,15,18). The van der Waals surface area contributed by atoms with Crippen LogP contribution in [0.25, 0.3) is 5.69 Å². The molecule has 0 amide bonds. The summed E-state index contributed by atoms with van der Waals surface area (Å²) in [5.41, 5.74) is 10.2. The molecule has 2 rings (SSSR count). The molecule has 0 aliphatic carbocycles. The van der Waals surface area contributed by atoms with Crippen LogP contribution in [-0.2, 0) is 0 Å². The second-order valence-corrected chi connectivity index (χ2v) is 5.05. The molecule has 2 aromatic rings. The Bertz CT molecular complexity index is 631. The third-order valence-corrected chi connectivity index (χ3v) is 3.68. The Labute approximate surface area is 117 Å².